The van der Waals surface area contributed by atoms with E-state index in [1.54, 1.807) is 0 Å². The highest BCUT2D eigenvalue weighted by molar-refractivity contribution is 5.76. The fourth-order valence-electron chi connectivity index (χ4n) is 4.19. The van der Waals surface area contributed by atoms with E-state index >= 15 is 0 Å². The van der Waals surface area contributed by atoms with Crippen LogP contribution < -0.4 is 0 Å². The zero-order valence-electron chi connectivity index (χ0n) is 15.2. The summed E-state index contributed by atoms with van der Waals surface area (Å²) in [5.74, 6) is 2.20. The molecule has 25 heavy (non-hydrogen) atoms. The Labute approximate surface area is 149 Å². The fourth-order valence-corrected chi connectivity index (χ4v) is 4.19. The third kappa shape index (κ3) is 4.40. The third-order valence-electron chi connectivity index (χ3n) is 5.89. The summed E-state index contributed by atoms with van der Waals surface area (Å²) in [7, 11) is 0. The SMILES string of the molecule is O=C(CCc1nc(C2CC2)no1)N1CCC[C@@H](N2CCCCCC2)C1. The van der Waals surface area contributed by atoms with Crippen LogP contribution in [0.4, 0.5) is 0 Å². The molecule has 0 bridgehead atoms. The molecule has 0 spiro atoms. The Morgan fingerprint density at radius 1 is 1.04 bits per heavy atom. The molecule has 1 atom stereocenters. The molecule has 6 nitrogen and oxygen atoms in total. The van der Waals surface area contributed by atoms with E-state index in [0.717, 1.165) is 25.3 Å². The van der Waals surface area contributed by atoms with Crippen molar-refractivity contribution in [2.75, 3.05) is 26.2 Å². The molecule has 1 aliphatic carbocycles. The van der Waals surface area contributed by atoms with Gasteiger partial charge in [0, 0.05) is 37.9 Å². The van der Waals surface area contributed by atoms with Gasteiger partial charge in [0.1, 0.15) is 0 Å². The number of piperidine rings is 1. The lowest BCUT2D eigenvalue weighted by Gasteiger charge is -2.39. The van der Waals surface area contributed by atoms with Gasteiger partial charge in [-0.15, -0.1) is 0 Å². The van der Waals surface area contributed by atoms with Gasteiger partial charge in [-0.1, -0.05) is 18.0 Å². The van der Waals surface area contributed by atoms with Crippen molar-refractivity contribution in [3.63, 3.8) is 0 Å². The first-order valence-corrected chi connectivity index (χ1v) is 10.1. The maximum atomic E-state index is 12.6. The lowest BCUT2D eigenvalue weighted by Crippen LogP contribution is -2.50. The fraction of sp³-hybridized carbons (Fsp3) is 0.842. The van der Waals surface area contributed by atoms with Gasteiger partial charge in [-0.3, -0.25) is 9.69 Å². The summed E-state index contributed by atoms with van der Waals surface area (Å²) < 4.78 is 5.29. The number of hydrogen-bond acceptors (Lipinski definition) is 5. The predicted octanol–water partition coefficient (Wildman–Crippen LogP) is 2.75. The molecule has 4 rings (SSSR count). The molecule has 1 saturated carbocycles. The summed E-state index contributed by atoms with van der Waals surface area (Å²) in [5, 5.41) is 4.03. The number of aromatic nitrogens is 2. The Kier molecular flexibility index (Phi) is 5.34. The number of aryl methyl sites for hydroxylation is 1. The average Bonchev–Trinajstić information content (AvgIpc) is 3.44. The van der Waals surface area contributed by atoms with Crippen molar-refractivity contribution < 1.29 is 9.32 Å². The summed E-state index contributed by atoms with van der Waals surface area (Å²) in [6.45, 7) is 4.22. The quantitative estimate of drug-likeness (QED) is 0.820. The minimum atomic E-state index is 0.241. The first-order valence-electron chi connectivity index (χ1n) is 10.1. The van der Waals surface area contributed by atoms with E-state index in [0.29, 0.717) is 30.7 Å². The summed E-state index contributed by atoms with van der Waals surface area (Å²) in [5.41, 5.74) is 0. The number of amides is 1. The summed E-state index contributed by atoms with van der Waals surface area (Å²) >= 11 is 0. The Hall–Kier alpha value is -1.43. The number of nitrogens with zero attached hydrogens (tertiary/aromatic N) is 4. The molecule has 0 N–H and O–H groups in total. The molecule has 2 aliphatic heterocycles. The van der Waals surface area contributed by atoms with Crippen molar-refractivity contribution in [3.8, 4) is 0 Å². The molecular weight excluding hydrogens is 316 g/mol. The van der Waals surface area contributed by atoms with Gasteiger partial charge < -0.3 is 9.42 Å². The van der Waals surface area contributed by atoms with Crippen LogP contribution in [0.3, 0.4) is 0 Å². The summed E-state index contributed by atoms with van der Waals surface area (Å²) in [6, 6.07) is 0.556. The molecular formula is C19H30N4O2. The van der Waals surface area contributed by atoms with Crippen LogP contribution in [0.2, 0.25) is 0 Å². The molecule has 0 radical (unpaired) electrons. The Morgan fingerprint density at radius 2 is 1.84 bits per heavy atom. The Morgan fingerprint density at radius 3 is 2.60 bits per heavy atom. The van der Waals surface area contributed by atoms with E-state index in [-0.39, 0.29) is 5.91 Å². The molecule has 3 fully saturated rings. The first-order chi connectivity index (χ1) is 12.3. The molecule has 1 amide bonds. The van der Waals surface area contributed by atoms with Gasteiger partial charge in [0.25, 0.3) is 0 Å². The molecule has 1 aromatic heterocycles. The highest BCUT2D eigenvalue weighted by Crippen LogP contribution is 2.38. The van der Waals surface area contributed by atoms with E-state index in [4.69, 9.17) is 4.52 Å². The van der Waals surface area contributed by atoms with Crippen molar-refractivity contribution in [3.05, 3.63) is 11.7 Å². The molecule has 1 aromatic rings. The van der Waals surface area contributed by atoms with Crippen LogP contribution in [0, 0.1) is 0 Å². The largest absolute Gasteiger partial charge is 0.341 e. The van der Waals surface area contributed by atoms with E-state index in [9.17, 15) is 4.79 Å². The normalized spacial score (nSPS) is 25.8. The smallest absolute Gasteiger partial charge is 0.227 e. The topological polar surface area (TPSA) is 62.5 Å². The maximum Gasteiger partial charge on any atom is 0.227 e. The van der Waals surface area contributed by atoms with Crippen LogP contribution in [-0.2, 0) is 11.2 Å². The van der Waals surface area contributed by atoms with Gasteiger partial charge >= 0.3 is 0 Å². The second kappa shape index (κ2) is 7.85. The van der Waals surface area contributed by atoms with Crippen LogP contribution in [0.25, 0.3) is 0 Å². The Balaban J connectivity index is 1.27. The van der Waals surface area contributed by atoms with Gasteiger partial charge in [0.15, 0.2) is 5.82 Å². The van der Waals surface area contributed by atoms with E-state index in [1.165, 1.54) is 58.0 Å². The van der Waals surface area contributed by atoms with Gasteiger partial charge in [-0.05, 0) is 51.6 Å². The Bertz CT molecular complexity index is 576. The van der Waals surface area contributed by atoms with Crippen LogP contribution in [-0.4, -0.2) is 58.1 Å². The van der Waals surface area contributed by atoms with Crippen LogP contribution >= 0.6 is 0 Å². The highest BCUT2D eigenvalue weighted by Gasteiger charge is 2.30. The molecule has 3 heterocycles. The van der Waals surface area contributed by atoms with E-state index in [2.05, 4.69) is 19.9 Å². The lowest BCUT2D eigenvalue weighted by atomic mass is 10.0. The summed E-state index contributed by atoms with van der Waals surface area (Å²) in [6.07, 6.45) is 11.1. The second-order valence-corrected chi connectivity index (χ2v) is 7.91. The predicted molar refractivity (Wildman–Crippen MR) is 94.2 cm³/mol. The standard InChI is InChI=1S/C19H30N4O2/c24-18(10-9-17-20-19(21-25-17)15-7-8-15)23-13-5-6-16(14-23)22-11-3-1-2-4-12-22/h15-16H,1-14H2/t16-/m1/s1. The highest BCUT2D eigenvalue weighted by atomic mass is 16.5. The van der Waals surface area contributed by atoms with Gasteiger partial charge in [0.05, 0.1) is 0 Å². The molecule has 0 aromatic carbocycles. The van der Waals surface area contributed by atoms with Crippen molar-refractivity contribution in [1.29, 1.82) is 0 Å². The number of carbonyl (C=O) groups excluding carboxylic acids is 1. The second-order valence-electron chi connectivity index (χ2n) is 7.91. The summed E-state index contributed by atoms with van der Waals surface area (Å²) in [4.78, 5) is 21.8. The number of likely N-dealkylation sites (tertiary alicyclic amines) is 2. The van der Waals surface area contributed by atoms with Gasteiger partial charge in [-0.25, -0.2) is 0 Å². The zero-order valence-corrected chi connectivity index (χ0v) is 15.2. The number of hydrogen-bond donors (Lipinski definition) is 0. The molecule has 3 aliphatic rings. The molecule has 6 heteroatoms. The monoisotopic (exact) mass is 346 g/mol. The minimum Gasteiger partial charge on any atom is -0.341 e. The number of carbonyl (C=O) groups is 1. The van der Waals surface area contributed by atoms with Crippen molar-refractivity contribution >= 4 is 5.91 Å². The van der Waals surface area contributed by atoms with Crippen LogP contribution in [0.1, 0.15) is 75.4 Å². The van der Waals surface area contributed by atoms with Gasteiger partial charge in [0.2, 0.25) is 11.8 Å². The average molecular weight is 346 g/mol. The lowest BCUT2D eigenvalue weighted by molar-refractivity contribution is -0.133. The van der Waals surface area contributed by atoms with Crippen LogP contribution in [0.5, 0.6) is 0 Å². The van der Waals surface area contributed by atoms with Crippen molar-refractivity contribution in [1.82, 2.24) is 19.9 Å². The van der Waals surface area contributed by atoms with Gasteiger partial charge in [-0.2, -0.15) is 4.98 Å². The van der Waals surface area contributed by atoms with Crippen molar-refractivity contribution in [2.45, 2.75) is 76.2 Å². The third-order valence-corrected chi connectivity index (χ3v) is 5.89. The molecule has 0 unspecified atom stereocenters. The minimum absolute atomic E-state index is 0.241. The zero-order chi connectivity index (χ0) is 17.1. The van der Waals surface area contributed by atoms with E-state index in [1.807, 2.05) is 0 Å². The molecule has 2 saturated heterocycles. The first kappa shape index (κ1) is 17.0. The number of rotatable bonds is 5. The maximum absolute atomic E-state index is 12.6. The van der Waals surface area contributed by atoms with E-state index < -0.39 is 0 Å². The van der Waals surface area contributed by atoms with Crippen molar-refractivity contribution in [2.24, 2.45) is 0 Å². The van der Waals surface area contributed by atoms with Crippen LogP contribution in [0.15, 0.2) is 4.52 Å². The molecule has 138 valence electrons.